The Kier molecular flexibility index (Phi) is 12.6. The summed E-state index contributed by atoms with van der Waals surface area (Å²) in [6, 6.07) is 5.26. The van der Waals surface area contributed by atoms with Gasteiger partial charge in [-0.25, -0.2) is 0 Å². The molecule has 2 N–H and O–H groups in total. The lowest BCUT2D eigenvalue weighted by Gasteiger charge is -2.09. The van der Waals surface area contributed by atoms with Gasteiger partial charge in [0, 0.05) is 31.8 Å². The zero-order chi connectivity index (χ0) is 15.5. The Hall–Kier alpha value is -0.530. The molecule has 0 aliphatic heterocycles. The molecule has 0 aromatic heterocycles. The van der Waals surface area contributed by atoms with Gasteiger partial charge in [0.25, 0.3) is 0 Å². The van der Waals surface area contributed by atoms with Crippen LogP contribution in [0.4, 0.5) is 0 Å². The number of nitrogens with one attached hydrogen (secondary N) is 2. The van der Waals surface area contributed by atoms with Crippen LogP contribution in [0.5, 0.6) is 5.75 Å². The lowest BCUT2D eigenvalue weighted by atomic mass is 10.3. The SMILES string of the molecule is COCCNCCNC(=O)CCOc1ccc(Cl)cc1Br.Cl. The number of methoxy groups -OCH3 is 1. The van der Waals surface area contributed by atoms with Crippen LogP contribution in [0.3, 0.4) is 0 Å². The van der Waals surface area contributed by atoms with E-state index in [0.29, 0.717) is 37.0 Å². The molecule has 0 aliphatic rings. The van der Waals surface area contributed by atoms with Crippen LogP contribution in [0.25, 0.3) is 0 Å². The highest BCUT2D eigenvalue weighted by Crippen LogP contribution is 2.27. The second-order valence-corrected chi connectivity index (χ2v) is 5.56. The van der Waals surface area contributed by atoms with Crippen molar-refractivity contribution in [3.8, 4) is 5.75 Å². The minimum Gasteiger partial charge on any atom is -0.492 e. The van der Waals surface area contributed by atoms with E-state index in [1.54, 1.807) is 25.3 Å². The molecular formula is C14H21BrCl2N2O3. The van der Waals surface area contributed by atoms with Crippen LogP contribution in [0.1, 0.15) is 6.42 Å². The average Bonchev–Trinajstić information content (AvgIpc) is 2.45. The van der Waals surface area contributed by atoms with Gasteiger partial charge in [0.1, 0.15) is 5.75 Å². The van der Waals surface area contributed by atoms with Gasteiger partial charge in [-0.05, 0) is 34.1 Å². The fraction of sp³-hybridized carbons (Fsp3) is 0.500. The van der Waals surface area contributed by atoms with E-state index in [-0.39, 0.29) is 18.3 Å². The minimum atomic E-state index is -0.0337. The number of rotatable bonds is 10. The van der Waals surface area contributed by atoms with Crippen LogP contribution in [0.2, 0.25) is 5.02 Å². The zero-order valence-corrected chi connectivity index (χ0v) is 15.5. The van der Waals surface area contributed by atoms with Crippen molar-refractivity contribution in [3.05, 3.63) is 27.7 Å². The molecule has 0 aliphatic carbocycles. The van der Waals surface area contributed by atoms with Crippen molar-refractivity contribution in [2.75, 3.05) is 40.0 Å². The van der Waals surface area contributed by atoms with Crippen molar-refractivity contribution in [1.82, 2.24) is 10.6 Å². The second-order valence-electron chi connectivity index (χ2n) is 4.27. The number of amides is 1. The molecule has 0 fully saturated rings. The summed E-state index contributed by atoms with van der Waals surface area (Å²) in [5, 5.41) is 6.59. The fourth-order valence-corrected chi connectivity index (χ4v) is 2.32. The Balaban J connectivity index is 0.00000441. The molecule has 0 atom stereocenters. The van der Waals surface area contributed by atoms with Gasteiger partial charge in [-0.1, -0.05) is 11.6 Å². The minimum absolute atomic E-state index is 0. The van der Waals surface area contributed by atoms with Crippen LogP contribution in [-0.4, -0.2) is 45.9 Å². The summed E-state index contributed by atoms with van der Waals surface area (Å²) >= 11 is 9.20. The summed E-state index contributed by atoms with van der Waals surface area (Å²) < 4.78 is 11.2. The maximum atomic E-state index is 11.6. The van der Waals surface area contributed by atoms with E-state index in [9.17, 15) is 4.79 Å². The molecule has 1 rings (SSSR count). The molecule has 1 aromatic rings. The molecule has 8 heteroatoms. The molecular weight excluding hydrogens is 395 g/mol. The third kappa shape index (κ3) is 9.48. The fourth-order valence-electron chi connectivity index (χ4n) is 1.52. The first-order valence-electron chi connectivity index (χ1n) is 6.67. The van der Waals surface area contributed by atoms with Gasteiger partial charge in [-0.3, -0.25) is 4.79 Å². The van der Waals surface area contributed by atoms with Crippen LogP contribution < -0.4 is 15.4 Å². The van der Waals surface area contributed by atoms with Gasteiger partial charge >= 0.3 is 0 Å². The first-order chi connectivity index (χ1) is 10.1. The Morgan fingerprint density at radius 3 is 2.73 bits per heavy atom. The monoisotopic (exact) mass is 414 g/mol. The summed E-state index contributed by atoms with van der Waals surface area (Å²) in [6.45, 7) is 3.08. The normalized spacial score (nSPS) is 9.95. The lowest BCUT2D eigenvalue weighted by Crippen LogP contribution is -2.33. The third-order valence-corrected chi connectivity index (χ3v) is 3.44. The molecule has 0 saturated heterocycles. The topological polar surface area (TPSA) is 59.6 Å². The average molecular weight is 416 g/mol. The van der Waals surface area contributed by atoms with Crippen molar-refractivity contribution in [3.63, 3.8) is 0 Å². The Labute approximate surface area is 150 Å². The van der Waals surface area contributed by atoms with Gasteiger partial charge in [0.2, 0.25) is 5.91 Å². The highest BCUT2D eigenvalue weighted by molar-refractivity contribution is 9.10. The van der Waals surface area contributed by atoms with E-state index in [4.69, 9.17) is 21.1 Å². The number of halogens is 3. The van der Waals surface area contributed by atoms with E-state index in [0.717, 1.165) is 17.6 Å². The smallest absolute Gasteiger partial charge is 0.223 e. The number of carbonyl (C=O) groups excluding carboxylic acids is 1. The molecule has 0 radical (unpaired) electrons. The first kappa shape index (κ1) is 21.5. The quantitative estimate of drug-likeness (QED) is 0.576. The van der Waals surface area contributed by atoms with E-state index in [1.807, 2.05) is 0 Å². The van der Waals surface area contributed by atoms with Crippen LogP contribution in [-0.2, 0) is 9.53 Å². The van der Waals surface area contributed by atoms with Crippen molar-refractivity contribution in [2.24, 2.45) is 0 Å². The van der Waals surface area contributed by atoms with E-state index in [2.05, 4.69) is 26.6 Å². The third-order valence-electron chi connectivity index (χ3n) is 2.59. The van der Waals surface area contributed by atoms with Crippen molar-refractivity contribution in [2.45, 2.75) is 6.42 Å². The summed E-state index contributed by atoms with van der Waals surface area (Å²) in [4.78, 5) is 11.6. The second kappa shape index (κ2) is 13.0. The summed E-state index contributed by atoms with van der Waals surface area (Å²) in [7, 11) is 1.66. The molecule has 0 saturated carbocycles. The Morgan fingerprint density at radius 2 is 2.05 bits per heavy atom. The molecule has 22 heavy (non-hydrogen) atoms. The van der Waals surface area contributed by atoms with Gasteiger partial charge in [0.05, 0.1) is 24.1 Å². The van der Waals surface area contributed by atoms with Gasteiger partial charge in [0.15, 0.2) is 0 Å². The summed E-state index contributed by atoms with van der Waals surface area (Å²) in [5.41, 5.74) is 0. The lowest BCUT2D eigenvalue weighted by molar-refractivity contribution is -0.121. The zero-order valence-electron chi connectivity index (χ0n) is 12.4. The maximum absolute atomic E-state index is 11.6. The molecule has 0 bridgehead atoms. The number of hydrogen-bond donors (Lipinski definition) is 2. The van der Waals surface area contributed by atoms with Crippen LogP contribution in [0, 0.1) is 0 Å². The number of benzene rings is 1. The molecule has 1 aromatic carbocycles. The van der Waals surface area contributed by atoms with Gasteiger partial charge in [-0.2, -0.15) is 0 Å². The molecule has 126 valence electrons. The molecule has 5 nitrogen and oxygen atoms in total. The highest BCUT2D eigenvalue weighted by Gasteiger charge is 2.04. The Morgan fingerprint density at radius 1 is 1.27 bits per heavy atom. The van der Waals surface area contributed by atoms with Crippen molar-refractivity contribution in [1.29, 1.82) is 0 Å². The Bertz CT molecular complexity index is 450. The molecule has 0 spiro atoms. The molecule has 1 amide bonds. The number of hydrogen-bond acceptors (Lipinski definition) is 4. The maximum Gasteiger partial charge on any atom is 0.223 e. The van der Waals surface area contributed by atoms with Gasteiger partial charge in [-0.15, -0.1) is 12.4 Å². The van der Waals surface area contributed by atoms with E-state index < -0.39 is 0 Å². The van der Waals surface area contributed by atoms with Crippen molar-refractivity contribution >= 4 is 45.8 Å². The first-order valence-corrected chi connectivity index (χ1v) is 7.85. The highest BCUT2D eigenvalue weighted by atomic mass is 79.9. The van der Waals surface area contributed by atoms with E-state index >= 15 is 0 Å². The largest absolute Gasteiger partial charge is 0.492 e. The van der Waals surface area contributed by atoms with E-state index in [1.165, 1.54) is 0 Å². The van der Waals surface area contributed by atoms with Crippen molar-refractivity contribution < 1.29 is 14.3 Å². The number of ether oxygens (including phenoxy) is 2. The predicted molar refractivity (Wildman–Crippen MR) is 94.3 cm³/mol. The van der Waals surface area contributed by atoms with Crippen LogP contribution >= 0.6 is 39.9 Å². The van der Waals surface area contributed by atoms with Gasteiger partial charge < -0.3 is 20.1 Å². The summed E-state index contributed by atoms with van der Waals surface area (Å²) in [5.74, 6) is 0.641. The van der Waals surface area contributed by atoms with Crippen LogP contribution in [0.15, 0.2) is 22.7 Å². The molecule has 0 unspecified atom stereocenters. The standard InChI is InChI=1S/C14H20BrClN2O3.ClH/c1-20-9-7-17-5-6-18-14(19)4-8-21-13-3-2-11(16)10-12(13)15;/h2-3,10,17H,4-9H2,1H3,(H,18,19);1H. The number of carbonyl (C=O) groups is 1. The molecule has 0 heterocycles. The summed E-state index contributed by atoms with van der Waals surface area (Å²) in [6.07, 6.45) is 0.313. The predicted octanol–water partition coefficient (Wildman–Crippen LogP) is 2.65.